The molecule has 0 radical (unpaired) electrons. The Labute approximate surface area is 70.3 Å². The summed E-state index contributed by atoms with van der Waals surface area (Å²) in [7, 11) is 0. The number of primary amides is 1. The van der Waals surface area contributed by atoms with Gasteiger partial charge in [0.25, 0.3) is 0 Å². The number of nitrogens with two attached hydrogens (primary N) is 1. The SMILES string of the molecule is C=NO.NC(=O)c1ccccc1. The second-order valence-electron chi connectivity index (χ2n) is 1.87. The van der Waals surface area contributed by atoms with Crippen molar-refractivity contribution < 1.29 is 10.0 Å². The molecule has 1 aromatic rings. The molecule has 0 saturated heterocycles. The molecule has 12 heavy (non-hydrogen) atoms. The van der Waals surface area contributed by atoms with Gasteiger partial charge in [0.15, 0.2) is 0 Å². The van der Waals surface area contributed by atoms with E-state index in [9.17, 15) is 4.79 Å². The first-order chi connectivity index (χ1) is 5.72. The Hall–Kier alpha value is -1.84. The Morgan fingerprint density at radius 1 is 1.42 bits per heavy atom. The quantitative estimate of drug-likeness (QED) is 0.369. The lowest BCUT2D eigenvalue weighted by Crippen LogP contribution is -2.09. The number of amides is 1. The van der Waals surface area contributed by atoms with Crippen LogP contribution in [0.25, 0.3) is 0 Å². The molecule has 64 valence electrons. The van der Waals surface area contributed by atoms with E-state index in [0.717, 1.165) is 0 Å². The van der Waals surface area contributed by atoms with Crippen LogP contribution in [0.5, 0.6) is 0 Å². The molecule has 0 unspecified atom stereocenters. The minimum atomic E-state index is -0.379. The number of hydrogen-bond donors (Lipinski definition) is 2. The fraction of sp³-hybridized carbons (Fsp3) is 0. The topological polar surface area (TPSA) is 75.7 Å². The van der Waals surface area contributed by atoms with Gasteiger partial charge < -0.3 is 10.9 Å². The summed E-state index contributed by atoms with van der Waals surface area (Å²) in [5.74, 6) is -0.379. The van der Waals surface area contributed by atoms with Gasteiger partial charge in [-0.25, -0.2) is 0 Å². The molecule has 0 aliphatic rings. The highest BCUT2D eigenvalue weighted by atomic mass is 16.4. The summed E-state index contributed by atoms with van der Waals surface area (Å²) in [5.41, 5.74) is 5.53. The summed E-state index contributed by atoms with van der Waals surface area (Å²) < 4.78 is 0. The van der Waals surface area contributed by atoms with Crippen molar-refractivity contribution in [1.29, 1.82) is 0 Å². The van der Waals surface area contributed by atoms with Crippen molar-refractivity contribution in [1.82, 2.24) is 0 Å². The first-order valence-electron chi connectivity index (χ1n) is 3.17. The molecule has 3 N–H and O–H groups in total. The largest absolute Gasteiger partial charge is 0.411 e. The number of carbonyl (C=O) groups excluding carboxylic acids is 1. The molecule has 0 saturated carbocycles. The second kappa shape index (κ2) is 5.91. The van der Waals surface area contributed by atoms with Gasteiger partial charge in [-0.2, -0.15) is 0 Å². The fourth-order valence-electron chi connectivity index (χ4n) is 0.602. The van der Waals surface area contributed by atoms with Crippen molar-refractivity contribution in [3.05, 3.63) is 35.9 Å². The van der Waals surface area contributed by atoms with Gasteiger partial charge >= 0.3 is 0 Å². The Bertz CT molecular complexity index is 246. The van der Waals surface area contributed by atoms with E-state index in [-0.39, 0.29) is 5.91 Å². The molecule has 0 spiro atoms. The smallest absolute Gasteiger partial charge is 0.248 e. The molecule has 1 rings (SSSR count). The Balaban J connectivity index is 0.000000354. The molecule has 0 heterocycles. The van der Waals surface area contributed by atoms with Gasteiger partial charge in [0.2, 0.25) is 5.91 Å². The zero-order valence-electron chi connectivity index (χ0n) is 6.47. The Morgan fingerprint density at radius 2 is 1.83 bits per heavy atom. The summed E-state index contributed by atoms with van der Waals surface area (Å²) in [6, 6.07) is 8.76. The van der Waals surface area contributed by atoms with E-state index in [0.29, 0.717) is 5.56 Å². The van der Waals surface area contributed by atoms with Crippen molar-refractivity contribution in [2.24, 2.45) is 10.9 Å². The maximum atomic E-state index is 10.4. The van der Waals surface area contributed by atoms with Crippen molar-refractivity contribution in [2.75, 3.05) is 0 Å². The van der Waals surface area contributed by atoms with Crippen molar-refractivity contribution in [2.45, 2.75) is 0 Å². The van der Waals surface area contributed by atoms with Crippen LogP contribution < -0.4 is 5.73 Å². The molecule has 1 amide bonds. The van der Waals surface area contributed by atoms with Crippen LogP contribution in [0.4, 0.5) is 0 Å². The first kappa shape index (κ1) is 10.2. The third-order valence-electron chi connectivity index (χ3n) is 1.06. The summed E-state index contributed by atoms with van der Waals surface area (Å²) in [6.07, 6.45) is 0. The normalized spacial score (nSPS) is 7.67. The van der Waals surface area contributed by atoms with E-state index in [1.165, 1.54) is 0 Å². The van der Waals surface area contributed by atoms with E-state index in [4.69, 9.17) is 10.9 Å². The number of oxime groups is 1. The van der Waals surface area contributed by atoms with Crippen LogP contribution >= 0.6 is 0 Å². The predicted octanol–water partition coefficient (Wildman–Crippen LogP) is 0.862. The molecule has 0 aromatic heterocycles. The van der Waals surface area contributed by atoms with Crippen LogP contribution in [-0.2, 0) is 0 Å². The van der Waals surface area contributed by atoms with Crippen LogP contribution in [0.1, 0.15) is 10.4 Å². The van der Waals surface area contributed by atoms with E-state index < -0.39 is 0 Å². The molecule has 0 bridgehead atoms. The van der Waals surface area contributed by atoms with Gasteiger partial charge in [-0.05, 0) is 12.1 Å². The molecule has 4 heteroatoms. The molecule has 1 aromatic carbocycles. The molecule has 0 atom stereocenters. The third-order valence-corrected chi connectivity index (χ3v) is 1.06. The summed E-state index contributed by atoms with van der Waals surface area (Å²) in [4.78, 5) is 10.4. The summed E-state index contributed by atoms with van der Waals surface area (Å²) >= 11 is 0. The first-order valence-corrected chi connectivity index (χ1v) is 3.17. The van der Waals surface area contributed by atoms with Crippen molar-refractivity contribution >= 4 is 12.6 Å². The van der Waals surface area contributed by atoms with Gasteiger partial charge in [0.05, 0.1) is 0 Å². The highest BCUT2D eigenvalue weighted by Gasteiger charge is 1.93. The monoisotopic (exact) mass is 166 g/mol. The average molecular weight is 166 g/mol. The maximum absolute atomic E-state index is 10.4. The van der Waals surface area contributed by atoms with Crippen LogP contribution in [0.2, 0.25) is 0 Å². The molecular formula is C8H10N2O2. The Morgan fingerprint density at radius 3 is 2.08 bits per heavy atom. The maximum Gasteiger partial charge on any atom is 0.248 e. The summed E-state index contributed by atoms with van der Waals surface area (Å²) in [6.45, 7) is 2.67. The lowest BCUT2D eigenvalue weighted by Gasteiger charge is -1.89. The second-order valence-corrected chi connectivity index (χ2v) is 1.87. The Kier molecular flexibility index (Phi) is 5.00. The van der Waals surface area contributed by atoms with Crippen LogP contribution in [0.15, 0.2) is 35.5 Å². The fourth-order valence-corrected chi connectivity index (χ4v) is 0.602. The number of carbonyl (C=O) groups is 1. The molecular weight excluding hydrogens is 156 g/mol. The number of nitrogens with zero attached hydrogens (tertiary/aromatic N) is 1. The number of rotatable bonds is 1. The highest BCUT2D eigenvalue weighted by molar-refractivity contribution is 5.92. The molecule has 0 aliphatic heterocycles. The van der Waals surface area contributed by atoms with Crippen LogP contribution in [-0.4, -0.2) is 17.8 Å². The average Bonchev–Trinajstić information content (AvgIpc) is 2.07. The minimum absolute atomic E-state index is 0.379. The van der Waals surface area contributed by atoms with Crippen molar-refractivity contribution in [3.63, 3.8) is 0 Å². The van der Waals surface area contributed by atoms with Crippen LogP contribution in [0.3, 0.4) is 0 Å². The van der Waals surface area contributed by atoms with Gasteiger partial charge in [-0.15, -0.1) is 5.16 Å². The standard InChI is InChI=1S/C7H7NO.CH3NO/c8-7(9)6-4-2-1-3-5-6;1-2-3/h1-5H,(H2,8,9);3H,1H2. The highest BCUT2D eigenvalue weighted by Crippen LogP contribution is 1.94. The van der Waals surface area contributed by atoms with E-state index in [1.807, 2.05) is 6.07 Å². The summed E-state index contributed by atoms with van der Waals surface area (Å²) in [5, 5.41) is 9.33. The van der Waals surface area contributed by atoms with E-state index >= 15 is 0 Å². The minimum Gasteiger partial charge on any atom is -0.411 e. The van der Waals surface area contributed by atoms with Gasteiger partial charge in [-0.1, -0.05) is 18.2 Å². The van der Waals surface area contributed by atoms with E-state index in [2.05, 4.69) is 11.9 Å². The predicted molar refractivity (Wildman–Crippen MR) is 46.3 cm³/mol. The number of benzene rings is 1. The lowest BCUT2D eigenvalue weighted by atomic mass is 10.2. The molecule has 0 aliphatic carbocycles. The van der Waals surface area contributed by atoms with Gasteiger partial charge in [-0.3, -0.25) is 4.79 Å². The molecule has 4 nitrogen and oxygen atoms in total. The zero-order valence-corrected chi connectivity index (χ0v) is 6.47. The molecule has 0 fully saturated rings. The third kappa shape index (κ3) is 4.05. The van der Waals surface area contributed by atoms with Gasteiger partial charge in [0.1, 0.15) is 0 Å². The zero-order chi connectivity index (χ0) is 9.40. The number of hydrogen-bond acceptors (Lipinski definition) is 3. The van der Waals surface area contributed by atoms with Gasteiger partial charge in [0, 0.05) is 12.3 Å². The van der Waals surface area contributed by atoms with Crippen LogP contribution in [0, 0.1) is 0 Å². The van der Waals surface area contributed by atoms with E-state index in [1.54, 1.807) is 24.3 Å². The van der Waals surface area contributed by atoms with Crippen molar-refractivity contribution in [3.8, 4) is 0 Å². The lowest BCUT2D eigenvalue weighted by molar-refractivity contribution is 0.100.